The minimum atomic E-state index is -3.98. The largest absolute Gasteiger partial charge is 0.496 e. The number of nitrogens with two attached hydrogens (primary N) is 1. The average Bonchev–Trinajstić information content (AvgIpc) is 2.50. The molecule has 1 atom stereocenters. The zero-order valence-corrected chi connectivity index (χ0v) is 14.0. The Kier molecular flexibility index (Phi) is 6.52. The first-order chi connectivity index (χ1) is 10.7. The van der Waals surface area contributed by atoms with Gasteiger partial charge in [-0.25, -0.2) is 18.4 Å². The number of carbonyl (C=O) groups is 2. The zero-order chi connectivity index (χ0) is 17.6. The number of ether oxygens (including phenoxy) is 2. The second-order valence-electron chi connectivity index (χ2n) is 4.75. The minimum absolute atomic E-state index is 0.114. The molecule has 0 saturated carbocycles. The molecule has 128 valence electrons. The van der Waals surface area contributed by atoms with Crippen molar-refractivity contribution < 1.29 is 27.5 Å². The monoisotopic (exact) mass is 344 g/mol. The van der Waals surface area contributed by atoms with Gasteiger partial charge in [-0.15, -0.1) is 0 Å². The molecule has 1 aromatic carbocycles. The number of carbonyl (C=O) groups excluding carboxylic acids is 2. The van der Waals surface area contributed by atoms with Crippen molar-refractivity contribution in [3.63, 3.8) is 0 Å². The number of primary sulfonamides is 1. The van der Waals surface area contributed by atoms with Crippen molar-refractivity contribution in [3.05, 3.63) is 23.8 Å². The van der Waals surface area contributed by atoms with E-state index < -0.39 is 28.0 Å². The standard InChI is InChI=1S/C14H20N2O6S/c1-4-7-16-13(17)9(2)22-14(18)11-8-10(23(15,19)20)5-6-12(11)21-3/h5-6,8-9H,4,7H2,1-3H3,(H,16,17)(H2,15,19,20)/t9-/m1/s1. The van der Waals surface area contributed by atoms with Crippen molar-refractivity contribution in [2.45, 2.75) is 31.3 Å². The molecule has 23 heavy (non-hydrogen) atoms. The smallest absolute Gasteiger partial charge is 0.342 e. The third-order valence-corrected chi connectivity index (χ3v) is 3.83. The summed E-state index contributed by atoms with van der Waals surface area (Å²) in [6.45, 7) is 3.77. The van der Waals surface area contributed by atoms with Crippen molar-refractivity contribution in [2.24, 2.45) is 5.14 Å². The lowest BCUT2D eigenvalue weighted by atomic mass is 10.2. The van der Waals surface area contributed by atoms with E-state index in [4.69, 9.17) is 14.6 Å². The highest BCUT2D eigenvalue weighted by atomic mass is 32.2. The van der Waals surface area contributed by atoms with Crippen molar-refractivity contribution in [3.8, 4) is 5.75 Å². The highest BCUT2D eigenvalue weighted by molar-refractivity contribution is 7.89. The van der Waals surface area contributed by atoms with Crippen LogP contribution in [0.25, 0.3) is 0 Å². The Hall–Kier alpha value is -2.13. The number of rotatable bonds is 7. The maximum atomic E-state index is 12.2. The summed E-state index contributed by atoms with van der Waals surface area (Å²) in [7, 11) is -2.66. The fourth-order valence-corrected chi connectivity index (χ4v) is 2.23. The van der Waals surface area contributed by atoms with Gasteiger partial charge in [0.2, 0.25) is 10.0 Å². The molecule has 0 aliphatic rings. The van der Waals surface area contributed by atoms with Gasteiger partial charge in [-0.2, -0.15) is 0 Å². The van der Waals surface area contributed by atoms with Gasteiger partial charge in [-0.1, -0.05) is 6.92 Å². The van der Waals surface area contributed by atoms with Crippen LogP contribution in [0, 0.1) is 0 Å². The molecule has 0 spiro atoms. The number of benzene rings is 1. The van der Waals surface area contributed by atoms with Gasteiger partial charge in [0.05, 0.1) is 12.0 Å². The first-order valence-corrected chi connectivity index (χ1v) is 8.44. The second-order valence-corrected chi connectivity index (χ2v) is 6.31. The number of amides is 1. The molecule has 0 heterocycles. The van der Waals surface area contributed by atoms with Gasteiger partial charge in [-0.05, 0) is 31.5 Å². The van der Waals surface area contributed by atoms with Gasteiger partial charge in [0.1, 0.15) is 11.3 Å². The quantitative estimate of drug-likeness (QED) is 0.690. The summed E-state index contributed by atoms with van der Waals surface area (Å²) in [6.07, 6.45) is -0.284. The maximum Gasteiger partial charge on any atom is 0.342 e. The summed E-state index contributed by atoms with van der Waals surface area (Å²) < 4.78 is 32.8. The fourth-order valence-electron chi connectivity index (χ4n) is 1.69. The summed E-state index contributed by atoms with van der Waals surface area (Å²) in [5.74, 6) is -1.21. The van der Waals surface area contributed by atoms with E-state index in [2.05, 4.69) is 5.32 Å². The van der Waals surface area contributed by atoms with Gasteiger partial charge in [-0.3, -0.25) is 4.79 Å². The summed E-state index contributed by atoms with van der Waals surface area (Å²) in [5.41, 5.74) is -0.130. The zero-order valence-electron chi connectivity index (χ0n) is 13.2. The van der Waals surface area contributed by atoms with E-state index in [1.54, 1.807) is 0 Å². The molecule has 1 aromatic rings. The lowest BCUT2D eigenvalue weighted by Crippen LogP contribution is -2.36. The molecule has 0 aliphatic carbocycles. The van der Waals surface area contributed by atoms with Gasteiger partial charge >= 0.3 is 5.97 Å². The van der Waals surface area contributed by atoms with Crippen LogP contribution in [0.1, 0.15) is 30.6 Å². The summed E-state index contributed by atoms with van der Waals surface area (Å²) >= 11 is 0. The Morgan fingerprint density at radius 1 is 1.35 bits per heavy atom. The van der Waals surface area contributed by atoms with Crippen LogP contribution in [0.5, 0.6) is 5.75 Å². The maximum absolute atomic E-state index is 12.2. The summed E-state index contributed by atoms with van der Waals surface area (Å²) in [5, 5.41) is 7.63. The van der Waals surface area contributed by atoms with Crippen LogP contribution >= 0.6 is 0 Å². The molecule has 1 rings (SSSR count). The SMILES string of the molecule is CCCNC(=O)[C@@H](C)OC(=O)c1cc(S(N)(=O)=O)ccc1OC. The molecule has 0 saturated heterocycles. The van der Waals surface area contributed by atoms with E-state index >= 15 is 0 Å². The molecule has 1 amide bonds. The van der Waals surface area contributed by atoms with Crippen molar-refractivity contribution in [2.75, 3.05) is 13.7 Å². The van der Waals surface area contributed by atoms with Crippen molar-refractivity contribution in [1.82, 2.24) is 5.32 Å². The van der Waals surface area contributed by atoms with Gasteiger partial charge in [0.25, 0.3) is 5.91 Å². The Morgan fingerprint density at radius 2 is 2.00 bits per heavy atom. The lowest BCUT2D eigenvalue weighted by molar-refractivity contribution is -0.129. The third kappa shape index (κ3) is 5.22. The number of esters is 1. The second kappa shape index (κ2) is 7.93. The minimum Gasteiger partial charge on any atom is -0.496 e. The van der Waals surface area contributed by atoms with E-state index in [-0.39, 0.29) is 16.2 Å². The Bertz CT molecular complexity index is 687. The van der Waals surface area contributed by atoms with Crippen LogP contribution in [-0.4, -0.2) is 40.1 Å². The number of nitrogens with one attached hydrogen (secondary N) is 1. The summed E-state index contributed by atoms with van der Waals surface area (Å²) in [4.78, 5) is 23.6. The van der Waals surface area contributed by atoms with Gasteiger partial charge in [0.15, 0.2) is 6.10 Å². The first-order valence-electron chi connectivity index (χ1n) is 6.90. The molecule has 0 bridgehead atoms. The number of methoxy groups -OCH3 is 1. The van der Waals surface area contributed by atoms with Crippen LogP contribution in [0.3, 0.4) is 0 Å². The molecule has 3 N–H and O–H groups in total. The molecule has 0 radical (unpaired) electrons. The molecule has 0 aliphatic heterocycles. The number of hydrogen-bond donors (Lipinski definition) is 2. The number of sulfonamides is 1. The van der Waals surface area contributed by atoms with E-state index in [0.29, 0.717) is 6.54 Å². The van der Waals surface area contributed by atoms with Crippen LogP contribution in [-0.2, 0) is 19.6 Å². The lowest BCUT2D eigenvalue weighted by Gasteiger charge is -2.15. The molecule has 8 nitrogen and oxygen atoms in total. The van der Waals surface area contributed by atoms with Crippen LogP contribution in [0.2, 0.25) is 0 Å². The van der Waals surface area contributed by atoms with Crippen LogP contribution in [0.4, 0.5) is 0 Å². The molecule has 0 fully saturated rings. The Labute approximate surface area is 135 Å². The Morgan fingerprint density at radius 3 is 2.52 bits per heavy atom. The first kappa shape index (κ1) is 18.9. The van der Waals surface area contributed by atoms with Gasteiger partial charge in [0, 0.05) is 6.54 Å². The van der Waals surface area contributed by atoms with Crippen molar-refractivity contribution >= 4 is 21.9 Å². The fraction of sp³-hybridized carbons (Fsp3) is 0.429. The van der Waals surface area contributed by atoms with E-state index in [1.165, 1.54) is 26.2 Å². The average molecular weight is 344 g/mol. The predicted molar refractivity (Wildman–Crippen MR) is 82.5 cm³/mol. The molecule has 0 unspecified atom stereocenters. The van der Waals surface area contributed by atoms with Gasteiger partial charge < -0.3 is 14.8 Å². The van der Waals surface area contributed by atoms with Crippen LogP contribution < -0.4 is 15.2 Å². The highest BCUT2D eigenvalue weighted by Crippen LogP contribution is 2.23. The normalized spacial score (nSPS) is 12.3. The Balaban J connectivity index is 3.00. The molecule has 9 heteroatoms. The van der Waals surface area contributed by atoms with E-state index in [1.807, 2.05) is 6.92 Å². The predicted octanol–water partition coefficient (Wildman–Crippen LogP) is 0.414. The van der Waals surface area contributed by atoms with Crippen molar-refractivity contribution in [1.29, 1.82) is 0 Å². The molecule has 0 aromatic heterocycles. The summed E-state index contributed by atoms with van der Waals surface area (Å²) in [6, 6.07) is 3.55. The highest BCUT2D eigenvalue weighted by Gasteiger charge is 2.23. The molecular weight excluding hydrogens is 324 g/mol. The van der Waals surface area contributed by atoms with Crippen LogP contribution in [0.15, 0.2) is 23.1 Å². The third-order valence-electron chi connectivity index (χ3n) is 2.92. The van der Waals surface area contributed by atoms with E-state index in [9.17, 15) is 18.0 Å². The molecular formula is C14H20N2O6S. The topological polar surface area (TPSA) is 125 Å². The van der Waals surface area contributed by atoms with E-state index in [0.717, 1.165) is 12.5 Å². The number of hydrogen-bond acceptors (Lipinski definition) is 6.